The molecular weight excluding hydrogens is 202 g/mol. The predicted molar refractivity (Wildman–Crippen MR) is 56.8 cm³/mol. The van der Waals surface area contributed by atoms with Crippen molar-refractivity contribution in [3.63, 3.8) is 0 Å². The summed E-state index contributed by atoms with van der Waals surface area (Å²) in [4.78, 5) is 0. The van der Waals surface area contributed by atoms with Crippen LogP contribution in [0.25, 0.3) is 0 Å². The van der Waals surface area contributed by atoms with Crippen LogP contribution >= 0.6 is 0 Å². The molecule has 0 heterocycles. The van der Waals surface area contributed by atoms with Crippen molar-refractivity contribution in [3.05, 3.63) is 38.3 Å². The van der Waals surface area contributed by atoms with Crippen LogP contribution in [-0.2, 0) is 10.1 Å². The van der Waals surface area contributed by atoms with Crippen LogP contribution in [0.3, 0.4) is 0 Å². The van der Waals surface area contributed by atoms with Gasteiger partial charge in [0.1, 0.15) is 0 Å². The molecule has 1 N–H and O–H groups in total. The van der Waals surface area contributed by atoms with Crippen molar-refractivity contribution in [2.24, 2.45) is 0 Å². The zero-order chi connectivity index (χ0) is 11.2. The van der Waals surface area contributed by atoms with Gasteiger partial charge in [-0.25, -0.2) is 4.48 Å². The van der Waals surface area contributed by atoms with Crippen molar-refractivity contribution in [1.82, 2.24) is 0 Å². The fourth-order valence-corrected chi connectivity index (χ4v) is 1.51. The minimum Gasteiger partial charge on any atom is -0.286 e. The molecule has 0 aromatic carbocycles. The lowest BCUT2D eigenvalue weighted by atomic mass is 10.4. The summed E-state index contributed by atoms with van der Waals surface area (Å²) >= 11 is 0. The molecule has 0 atom stereocenters. The SMILES string of the molecule is C=C[N+](C=C)(C=C)CCCS(=O)(=O)O. The van der Waals surface area contributed by atoms with Gasteiger partial charge in [-0.15, -0.1) is 0 Å². The van der Waals surface area contributed by atoms with Crippen LogP contribution in [0.5, 0.6) is 0 Å². The Kier molecular flexibility index (Phi) is 4.76. The first-order chi connectivity index (χ1) is 6.39. The molecule has 0 fully saturated rings. The van der Waals surface area contributed by atoms with E-state index in [9.17, 15) is 8.42 Å². The molecule has 0 unspecified atom stereocenters. The Labute approximate surface area is 85.2 Å². The highest BCUT2D eigenvalue weighted by Crippen LogP contribution is 2.10. The van der Waals surface area contributed by atoms with E-state index in [-0.39, 0.29) is 10.2 Å². The Morgan fingerprint density at radius 2 is 1.57 bits per heavy atom. The third kappa shape index (κ3) is 4.36. The summed E-state index contributed by atoms with van der Waals surface area (Å²) in [5.41, 5.74) is 0. The molecule has 0 aromatic heterocycles. The standard InChI is InChI=1S/C9H15NO3S/c1-4-10(5-2,6-3)8-7-9-14(11,12)13/h4-6H,1-3,7-9H2/p+1. The number of quaternary nitrogens is 1. The summed E-state index contributed by atoms with van der Waals surface area (Å²) in [6, 6.07) is 0. The highest BCUT2D eigenvalue weighted by molar-refractivity contribution is 7.85. The monoisotopic (exact) mass is 218 g/mol. The summed E-state index contributed by atoms with van der Waals surface area (Å²) < 4.78 is 29.6. The smallest absolute Gasteiger partial charge is 0.265 e. The number of hydrogen-bond acceptors (Lipinski definition) is 2. The van der Waals surface area contributed by atoms with Crippen molar-refractivity contribution in [3.8, 4) is 0 Å². The van der Waals surface area contributed by atoms with Gasteiger partial charge in [0.2, 0.25) is 0 Å². The van der Waals surface area contributed by atoms with Gasteiger partial charge >= 0.3 is 0 Å². The van der Waals surface area contributed by atoms with E-state index in [4.69, 9.17) is 4.55 Å². The zero-order valence-electron chi connectivity index (χ0n) is 8.09. The van der Waals surface area contributed by atoms with Gasteiger partial charge < -0.3 is 0 Å². The number of nitrogens with zero attached hydrogens (tertiary/aromatic N) is 1. The van der Waals surface area contributed by atoms with Gasteiger partial charge in [0, 0.05) is 6.42 Å². The molecule has 0 aliphatic rings. The number of rotatable bonds is 7. The molecule has 0 aromatic rings. The Balaban J connectivity index is 4.28. The van der Waals surface area contributed by atoms with Gasteiger partial charge in [-0.1, -0.05) is 0 Å². The molecule has 5 heteroatoms. The molecule has 14 heavy (non-hydrogen) atoms. The molecule has 0 amide bonds. The molecule has 0 rings (SSSR count). The van der Waals surface area contributed by atoms with E-state index in [1.165, 1.54) is 0 Å². The van der Waals surface area contributed by atoms with Crippen LogP contribution in [0.2, 0.25) is 0 Å². The van der Waals surface area contributed by atoms with E-state index < -0.39 is 10.1 Å². The molecule has 0 bridgehead atoms. The van der Waals surface area contributed by atoms with Crippen molar-refractivity contribution < 1.29 is 17.5 Å². The molecule has 0 saturated heterocycles. The molecule has 80 valence electrons. The van der Waals surface area contributed by atoms with E-state index in [0.29, 0.717) is 13.0 Å². The normalized spacial score (nSPS) is 12.1. The van der Waals surface area contributed by atoms with Crippen LogP contribution in [0.4, 0.5) is 0 Å². The maximum atomic E-state index is 10.5. The first kappa shape index (κ1) is 13.1. The Morgan fingerprint density at radius 1 is 1.14 bits per heavy atom. The first-order valence-corrected chi connectivity index (χ1v) is 5.73. The largest absolute Gasteiger partial charge is 0.286 e. The lowest BCUT2D eigenvalue weighted by molar-refractivity contribution is -0.772. The quantitative estimate of drug-likeness (QED) is 0.520. The van der Waals surface area contributed by atoms with Crippen LogP contribution < -0.4 is 0 Å². The summed E-state index contributed by atoms with van der Waals surface area (Å²) in [7, 11) is -3.88. The van der Waals surface area contributed by atoms with E-state index in [1.807, 2.05) is 0 Å². The zero-order valence-corrected chi connectivity index (χ0v) is 8.91. The average molecular weight is 218 g/mol. The second-order valence-corrected chi connectivity index (χ2v) is 4.48. The summed E-state index contributed by atoms with van der Waals surface area (Å²) in [6.07, 6.45) is 5.13. The molecular formula is C9H16NO3S+. The van der Waals surface area contributed by atoms with Crippen molar-refractivity contribution in [1.29, 1.82) is 0 Å². The van der Waals surface area contributed by atoms with Gasteiger partial charge in [-0.05, 0) is 19.7 Å². The maximum absolute atomic E-state index is 10.5. The molecule has 0 aliphatic carbocycles. The predicted octanol–water partition coefficient (Wildman–Crippen LogP) is 1.51. The second-order valence-electron chi connectivity index (χ2n) is 2.91. The minimum atomic E-state index is -3.88. The summed E-state index contributed by atoms with van der Waals surface area (Å²) in [5, 5.41) is 0. The highest BCUT2D eigenvalue weighted by Gasteiger charge is 2.17. The van der Waals surface area contributed by atoms with E-state index >= 15 is 0 Å². The van der Waals surface area contributed by atoms with E-state index in [0.717, 1.165) is 0 Å². The summed E-state index contributed by atoms with van der Waals surface area (Å²) in [5.74, 6) is -0.261. The van der Waals surface area contributed by atoms with Crippen molar-refractivity contribution in [2.45, 2.75) is 6.42 Å². The lowest BCUT2D eigenvalue weighted by Crippen LogP contribution is -2.31. The third-order valence-corrected chi connectivity index (χ3v) is 2.77. The highest BCUT2D eigenvalue weighted by atomic mass is 32.2. The Hall–Kier alpha value is -0.910. The fourth-order valence-electron chi connectivity index (χ4n) is 1.02. The minimum absolute atomic E-state index is 0.218. The van der Waals surface area contributed by atoms with Crippen molar-refractivity contribution >= 4 is 10.1 Å². The van der Waals surface area contributed by atoms with Crippen LogP contribution in [-0.4, -0.2) is 29.8 Å². The van der Waals surface area contributed by atoms with Gasteiger partial charge in [0.15, 0.2) is 0 Å². The lowest BCUT2D eigenvalue weighted by Gasteiger charge is -2.24. The fraction of sp³-hybridized carbons (Fsp3) is 0.333. The third-order valence-electron chi connectivity index (χ3n) is 1.97. The van der Waals surface area contributed by atoms with Gasteiger partial charge in [-0.2, -0.15) is 8.42 Å². The topological polar surface area (TPSA) is 54.4 Å². The van der Waals surface area contributed by atoms with Gasteiger partial charge in [0.25, 0.3) is 10.1 Å². The first-order valence-electron chi connectivity index (χ1n) is 4.12. The second kappa shape index (κ2) is 5.09. The average Bonchev–Trinajstić information content (AvgIpc) is 2.11. The van der Waals surface area contributed by atoms with Gasteiger partial charge in [0.05, 0.1) is 30.9 Å². The van der Waals surface area contributed by atoms with E-state index in [1.54, 1.807) is 18.6 Å². The number of hydrogen-bond donors (Lipinski definition) is 1. The van der Waals surface area contributed by atoms with Gasteiger partial charge in [-0.3, -0.25) is 4.55 Å². The maximum Gasteiger partial charge on any atom is 0.265 e. The van der Waals surface area contributed by atoms with Crippen molar-refractivity contribution in [2.75, 3.05) is 12.3 Å². The van der Waals surface area contributed by atoms with Crippen LogP contribution in [0.1, 0.15) is 6.42 Å². The molecule has 0 radical (unpaired) electrons. The molecule has 4 nitrogen and oxygen atoms in total. The molecule has 0 aliphatic heterocycles. The molecule has 0 saturated carbocycles. The summed E-state index contributed by atoms with van der Waals surface area (Å²) in [6.45, 7) is 11.3. The Morgan fingerprint density at radius 3 is 1.86 bits per heavy atom. The van der Waals surface area contributed by atoms with Crippen LogP contribution in [0, 0.1) is 0 Å². The molecule has 0 spiro atoms. The Bertz CT molecular complexity index is 297. The van der Waals surface area contributed by atoms with E-state index in [2.05, 4.69) is 19.7 Å². The van der Waals surface area contributed by atoms with Crippen LogP contribution in [0.15, 0.2) is 38.3 Å².